The van der Waals surface area contributed by atoms with Gasteiger partial charge in [0.15, 0.2) is 0 Å². The molecule has 0 bridgehead atoms. The molecule has 0 spiro atoms. The number of aromatic nitrogens is 1. The van der Waals surface area contributed by atoms with E-state index in [0.29, 0.717) is 33.3 Å². The molecule has 0 saturated heterocycles. The van der Waals surface area contributed by atoms with Crippen LogP contribution in [0.5, 0.6) is 11.5 Å². The number of nitrogens with one attached hydrogen (secondary N) is 3. The Morgan fingerprint density at radius 2 is 1.38 bits per heavy atom. The second-order valence-corrected chi connectivity index (χ2v) is 13.0. The molecule has 206 valence electrons. The van der Waals surface area contributed by atoms with Crippen molar-refractivity contribution in [3.8, 4) is 11.5 Å². The minimum absolute atomic E-state index is 0.0197. The van der Waals surface area contributed by atoms with Crippen LogP contribution in [0.4, 0.5) is 5.69 Å². The Hall–Kier alpha value is -3.83. The van der Waals surface area contributed by atoms with Crippen LogP contribution in [-0.4, -0.2) is 21.8 Å². The highest BCUT2D eigenvalue weighted by atomic mass is 35.5. The molecule has 0 amide bonds. The molecule has 5 rings (SSSR count). The fourth-order valence-electron chi connectivity index (χ4n) is 4.25. The van der Waals surface area contributed by atoms with Crippen molar-refractivity contribution < 1.29 is 21.6 Å². The zero-order chi connectivity index (χ0) is 28.5. The Kier molecular flexibility index (Phi) is 7.61. The molecule has 0 unspecified atom stereocenters. The molecule has 4 aromatic carbocycles. The molecule has 1 aromatic heterocycles. The van der Waals surface area contributed by atoms with E-state index in [4.69, 9.17) is 16.3 Å². The van der Waals surface area contributed by atoms with Crippen molar-refractivity contribution in [1.82, 2.24) is 9.71 Å². The van der Waals surface area contributed by atoms with E-state index in [2.05, 4.69) is 14.4 Å². The van der Waals surface area contributed by atoms with Crippen LogP contribution in [0.1, 0.15) is 16.7 Å². The highest BCUT2D eigenvalue weighted by molar-refractivity contribution is 7.92. The number of benzene rings is 4. The van der Waals surface area contributed by atoms with Crippen LogP contribution >= 0.6 is 11.6 Å². The molecule has 11 heteroatoms. The third-order valence-corrected chi connectivity index (χ3v) is 9.52. The van der Waals surface area contributed by atoms with E-state index in [1.807, 2.05) is 44.2 Å². The first-order valence-electron chi connectivity index (χ1n) is 12.3. The van der Waals surface area contributed by atoms with Gasteiger partial charge in [-0.05, 0) is 73.5 Å². The van der Waals surface area contributed by atoms with Gasteiger partial charge in [0, 0.05) is 23.7 Å². The van der Waals surface area contributed by atoms with Gasteiger partial charge in [-0.2, -0.15) is 0 Å². The molecule has 0 atom stereocenters. The smallest absolute Gasteiger partial charge is 0.261 e. The second-order valence-electron chi connectivity index (χ2n) is 9.19. The summed E-state index contributed by atoms with van der Waals surface area (Å²) in [5.41, 5.74) is 3.37. The lowest BCUT2D eigenvalue weighted by Gasteiger charge is -2.14. The topological polar surface area (TPSA) is 117 Å². The quantitative estimate of drug-likeness (QED) is 0.180. The number of halogens is 1. The molecule has 40 heavy (non-hydrogen) atoms. The first-order chi connectivity index (χ1) is 19.0. The Labute approximate surface area is 238 Å². The molecule has 3 N–H and O–H groups in total. The van der Waals surface area contributed by atoms with Gasteiger partial charge in [0.2, 0.25) is 10.0 Å². The van der Waals surface area contributed by atoms with E-state index < -0.39 is 20.0 Å². The largest absolute Gasteiger partial charge is 0.457 e. The number of rotatable bonds is 9. The minimum atomic E-state index is -4.01. The fourth-order valence-corrected chi connectivity index (χ4v) is 6.63. The van der Waals surface area contributed by atoms with Crippen molar-refractivity contribution in [2.24, 2.45) is 0 Å². The van der Waals surface area contributed by atoms with Crippen molar-refractivity contribution in [3.05, 3.63) is 113 Å². The number of anilines is 1. The van der Waals surface area contributed by atoms with Crippen LogP contribution in [-0.2, 0) is 26.6 Å². The standard InChI is InChI=1S/C29H26ClN3O5S2/c1-19-7-3-5-9-26(19)38-27-10-6-4-8-21(27)18-32-39(34,35)22-11-13-23(14-12-22)40(36,37)33-25-16-15-24(30)28-20(2)17-31-29(25)28/h3-17,31-33H,18H2,1-2H3. The summed E-state index contributed by atoms with van der Waals surface area (Å²) in [6.07, 6.45) is 1.74. The number of para-hydroxylation sites is 2. The minimum Gasteiger partial charge on any atom is -0.457 e. The lowest BCUT2D eigenvalue weighted by atomic mass is 10.2. The van der Waals surface area contributed by atoms with Gasteiger partial charge in [-0.25, -0.2) is 21.6 Å². The summed E-state index contributed by atoms with van der Waals surface area (Å²) in [6.45, 7) is 3.78. The molecule has 0 fully saturated rings. The molecule has 0 aliphatic heterocycles. The second kappa shape index (κ2) is 11.0. The predicted molar refractivity (Wildman–Crippen MR) is 157 cm³/mol. The van der Waals surface area contributed by atoms with E-state index in [1.165, 1.54) is 24.3 Å². The van der Waals surface area contributed by atoms with Crippen molar-refractivity contribution in [2.45, 2.75) is 30.2 Å². The molecule has 0 radical (unpaired) electrons. The Morgan fingerprint density at radius 1 is 0.750 bits per heavy atom. The maximum absolute atomic E-state index is 13.1. The maximum Gasteiger partial charge on any atom is 0.261 e. The van der Waals surface area contributed by atoms with Gasteiger partial charge in [0.05, 0.1) is 26.0 Å². The summed E-state index contributed by atoms with van der Waals surface area (Å²) in [5, 5.41) is 1.23. The number of ether oxygens (including phenoxy) is 1. The summed E-state index contributed by atoms with van der Waals surface area (Å²) in [7, 11) is -7.96. The molecule has 1 heterocycles. The van der Waals surface area contributed by atoms with Crippen molar-refractivity contribution in [3.63, 3.8) is 0 Å². The number of hydrogen-bond acceptors (Lipinski definition) is 5. The highest BCUT2D eigenvalue weighted by Gasteiger charge is 2.20. The molecular formula is C29H26ClN3O5S2. The Balaban J connectivity index is 1.31. The van der Waals surface area contributed by atoms with E-state index in [0.717, 1.165) is 16.5 Å². The average molecular weight is 596 g/mol. The third-order valence-electron chi connectivity index (χ3n) is 6.41. The molecule has 0 aliphatic carbocycles. The van der Waals surface area contributed by atoms with Gasteiger partial charge in [-0.1, -0.05) is 48.0 Å². The summed E-state index contributed by atoms with van der Waals surface area (Å²) in [6, 6.07) is 22.9. The fraction of sp³-hybridized carbons (Fsp3) is 0.103. The number of fused-ring (bicyclic) bond motifs is 1. The third kappa shape index (κ3) is 5.71. The first-order valence-corrected chi connectivity index (χ1v) is 15.6. The number of sulfonamides is 2. The van der Waals surface area contributed by atoms with Crippen molar-refractivity contribution in [1.29, 1.82) is 0 Å². The number of aryl methyl sites for hydroxylation is 2. The summed E-state index contributed by atoms with van der Waals surface area (Å²) < 4.78 is 63.4. The highest BCUT2D eigenvalue weighted by Crippen LogP contribution is 2.33. The zero-order valence-corrected chi connectivity index (χ0v) is 24.0. The van der Waals surface area contributed by atoms with Crippen molar-refractivity contribution >= 4 is 48.2 Å². The molecular weight excluding hydrogens is 570 g/mol. The number of aromatic amines is 1. The van der Waals surface area contributed by atoms with E-state index >= 15 is 0 Å². The lowest BCUT2D eigenvalue weighted by molar-refractivity contribution is 0.471. The number of hydrogen-bond donors (Lipinski definition) is 3. The van der Waals surface area contributed by atoms with Crippen LogP contribution < -0.4 is 14.2 Å². The average Bonchev–Trinajstić information content (AvgIpc) is 3.34. The van der Waals surface area contributed by atoms with E-state index in [1.54, 1.807) is 36.5 Å². The SMILES string of the molecule is Cc1ccccc1Oc1ccccc1CNS(=O)(=O)c1ccc(S(=O)(=O)Nc2ccc(Cl)c3c(C)c[nH]c23)cc1. The first kappa shape index (κ1) is 27.7. The summed E-state index contributed by atoms with van der Waals surface area (Å²) in [5.74, 6) is 1.20. The van der Waals surface area contributed by atoms with Gasteiger partial charge in [0.25, 0.3) is 10.0 Å². The Morgan fingerprint density at radius 3 is 2.08 bits per heavy atom. The van der Waals surface area contributed by atoms with Crippen LogP contribution in [0, 0.1) is 13.8 Å². The maximum atomic E-state index is 13.1. The van der Waals surface area contributed by atoms with Gasteiger partial charge >= 0.3 is 0 Å². The van der Waals surface area contributed by atoms with Crippen LogP contribution in [0.15, 0.2) is 101 Å². The van der Waals surface area contributed by atoms with Gasteiger partial charge < -0.3 is 9.72 Å². The van der Waals surface area contributed by atoms with E-state index in [9.17, 15) is 16.8 Å². The molecule has 5 aromatic rings. The van der Waals surface area contributed by atoms with Gasteiger partial charge in [-0.3, -0.25) is 4.72 Å². The zero-order valence-electron chi connectivity index (χ0n) is 21.6. The molecule has 8 nitrogen and oxygen atoms in total. The summed E-state index contributed by atoms with van der Waals surface area (Å²) >= 11 is 6.27. The summed E-state index contributed by atoms with van der Waals surface area (Å²) in [4.78, 5) is 2.88. The van der Waals surface area contributed by atoms with Crippen LogP contribution in [0.3, 0.4) is 0 Å². The molecule has 0 saturated carbocycles. The predicted octanol–water partition coefficient (Wildman–Crippen LogP) is 6.51. The van der Waals surface area contributed by atoms with Gasteiger partial charge in [-0.15, -0.1) is 0 Å². The van der Waals surface area contributed by atoms with Crippen molar-refractivity contribution in [2.75, 3.05) is 4.72 Å². The van der Waals surface area contributed by atoms with E-state index in [-0.39, 0.29) is 16.3 Å². The monoisotopic (exact) mass is 595 g/mol. The van der Waals surface area contributed by atoms with Crippen LogP contribution in [0.2, 0.25) is 5.02 Å². The van der Waals surface area contributed by atoms with Crippen LogP contribution in [0.25, 0.3) is 10.9 Å². The van der Waals surface area contributed by atoms with Gasteiger partial charge in [0.1, 0.15) is 11.5 Å². The normalized spacial score (nSPS) is 12.0. The lowest BCUT2D eigenvalue weighted by Crippen LogP contribution is -2.23. The Bertz CT molecular complexity index is 1920. The molecule has 0 aliphatic rings. The number of H-pyrrole nitrogens is 1.